The van der Waals surface area contributed by atoms with Crippen LogP contribution in [-0.4, -0.2) is 49.2 Å². The van der Waals surface area contributed by atoms with Crippen LogP contribution in [0.4, 0.5) is 11.6 Å². The van der Waals surface area contributed by atoms with Crippen molar-refractivity contribution in [1.29, 1.82) is 0 Å². The first-order valence-corrected chi connectivity index (χ1v) is 9.61. The smallest absolute Gasteiger partial charge is 0.186 e. The Hall–Kier alpha value is -2.69. The topological polar surface area (TPSA) is 132 Å². The number of nitrogens with two attached hydrogens (primary N) is 2. The maximum Gasteiger partial charge on any atom is 0.186 e. The molecule has 0 amide bonds. The summed E-state index contributed by atoms with van der Waals surface area (Å²) in [5.74, 6) is 6.88. The summed E-state index contributed by atoms with van der Waals surface area (Å²) in [6, 6.07) is 3.95. The van der Waals surface area contributed by atoms with Gasteiger partial charge in [-0.1, -0.05) is 6.07 Å². The Balaban J connectivity index is 1.76. The van der Waals surface area contributed by atoms with Crippen molar-refractivity contribution in [2.75, 3.05) is 30.1 Å². The van der Waals surface area contributed by atoms with Crippen LogP contribution in [0.3, 0.4) is 0 Å². The Morgan fingerprint density at radius 1 is 1.30 bits per heavy atom. The lowest BCUT2D eigenvalue weighted by atomic mass is 10.2. The molecule has 0 aliphatic rings. The third-order valence-corrected chi connectivity index (χ3v) is 4.73. The molecule has 0 aliphatic heterocycles. The number of hydrogen-bond donors (Lipinski definition) is 3. The van der Waals surface area contributed by atoms with E-state index in [0.29, 0.717) is 31.0 Å². The summed E-state index contributed by atoms with van der Waals surface area (Å²) in [5, 5.41) is 15.7. The van der Waals surface area contributed by atoms with Crippen molar-refractivity contribution in [1.82, 2.24) is 24.7 Å². The monoisotopic (exact) mass is 386 g/mol. The predicted molar refractivity (Wildman–Crippen MR) is 106 cm³/mol. The minimum Gasteiger partial charge on any atom is -0.394 e. The molecule has 0 unspecified atom stereocenters. The van der Waals surface area contributed by atoms with Crippen LogP contribution >= 0.6 is 11.8 Å². The molecule has 142 valence electrons. The maximum absolute atomic E-state index is 9.01. The standard InChI is InChI=1S/C17H22N8OS/c1-27-17-12(3-2-5-20-17)4-6-25(19)16-15(18)21-10-14(23-16)13-9-22-24(11-13)7-8-26/h2-3,5,9-11,26H,4,6-8,19H2,1H3,(H2,18,21). The molecule has 3 aromatic heterocycles. The fourth-order valence-corrected chi connectivity index (χ4v) is 3.20. The van der Waals surface area contributed by atoms with Crippen LogP contribution in [0.5, 0.6) is 0 Å². The van der Waals surface area contributed by atoms with Crippen molar-refractivity contribution in [3.05, 3.63) is 42.5 Å². The molecule has 0 saturated heterocycles. The highest BCUT2D eigenvalue weighted by atomic mass is 32.2. The summed E-state index contributed by atoms with van der Waals surface area (Å²) in [4.78, 5) is 13.1. The summed E-state index contributed by atoms with van der Waals surface area (Å²) < 4.78 is 1.64. The highest BCUT2D eigenvalue weighted by molar-refractivity contribution is 7.98. The minimum atomic E-state index is 0.0166. The lowest BCUT2D eigenvalue weighted by Gasteiger charge is -2.19. The fourth-order valence-electron chi connectivity index (χ4n) is 2.60. The van der Waals surface area contributed by atoms with Crippen LogP contribution < -0.4 is 16.6 Å². The average molecular weight is 386 g/mol. The summed E-state index contributed by atoms with van der Waals surface area (Å²) in [6.45, 7) is 0.954. The SMILES string of the molecule is CSc1ncccc1CCN(N)c1nc(-c2cnn(CCO)c2)cnc1N. The molecular weight excluding hydrogens is 364 g/mol. The second-order valence-corrected chi connectivity index (χ2v) is 6.59. The number of pyridine rings is 1. The molecule has 0 spiro atoms. The lowest BCUT2D eigenvalue weighted by molar-refractivity contribution is 0.269. The number of rotatable bonds is 8. The number of hydrazine groups is 1. The molecule has 0 saturated carbocycles. The van der Waals surface area contributed by atoms with E-state index >= 15 is 0 Å². The van der Waals surface area contributed by atoms with E-state index < -0.39 is 0 Å². The van der Waals surface area contributed by atoms with Gasteiger partial charge < -0.3 is 10.8 Å². The second kappa shape index (κ2) is 8.80. The summed E-state index contributed by atoms with van der Waals surface area (Å²) >= 11 is 1.60. The van der Waals surface area contributed by atoms with Gasteiger partial charge in [-0.05, 0) is 24.3 Å². The Morgan fingerprint density at radius 2 is 2.15 bits per heavy atom. The fraction of sp³-hybridized carbons (Fsp3) is 0.294. The van der Waals surface area contributed by atoms with E-state index in [1.165, 1.54) is 5.01 Å². The van der Waals surface area contributed by atoms with Crippen molar-refractivity contribution in [3.8, 4) is 11.3 Å². The number of nitrogens with zero attached hydrogens (tertiary/aromatic N) is 6. The summed E-state index contributed by atoms with van der Waals surface area (Å²) in [6.07, 6.45) is 9.53. The molecule has 0 aliphatic carbocycles. The van der Waals surface area contributed by atoms with Gasteiger partial charge in [-0.2, -0.15) is 5.10 Å². The van der Waals surface area contributed by atoms with Crippen LogP contribution in [0.1, 0.15) is 5.56 Å². The number of thioether (sulfide) groups is 1. The zero-order chi connectivity index (χ0) is 19.2. The van der Waals surface area contributed by atoms with Gasteiger partial charge in [0.15, 0.2) is 11.6 Å². The zero-order valence-electron chi connectivity index (χ0n) is 15.0. The minimum absolute atomic E-state index is 0.0166. The van der Waals surface area contributed by atoms with Gasteiger partial charge in [0.1, 0.15) is 0 Å². The molecule has 0 fully saturated rings. The average Bonchev–Trinajstić information content (AvgIpc) is 3.15. The quantitative estimate of drug-likeness (QED) is 0.294. The van der Waals surface area contributed by atoms with Gasteiger partial charge in [-0.25, -0.2) is 20.8 Å². The molecule has 0 atom stereocenters. The lowest BCUT2D eigenvalue weighted by Crippen LogP contribution is -2.34. The van der Waals surface area contributed by atoms with E-state index in [0.717, 1.165) is 16.2 Å². The van der Waals surface area contributed by atoms with Crippen molar-refractivity contribution in [2.45, 2.75) is 18.0 Å². The molecule has 3 heterocycles. The van der Waals surface area contributed by atoms with Gasteiger partial charge in [0, 0.05) is 24.5 Å². The molecule has 0 radical (unpaired) electrons. The van der Waals surface area contributed by atoms with E-state index in [1.54, 1.807) is 41.2 Å². The Bertz CT molecular complexity index is 900. The Kier molecular flexibility index (Phi) is 6.22. The largest absolute Gasteiger partial charge is 0.394 e. The van der Waals surface area contributed by atoms with Gasteiger partial charge in [0.2, 0.25) is 0 Å². The van der Waals surface area contributed by atoms with E-state index in [9.17, 15) is 0 Å². The van der Waals surface area contributed by atoms with Gasteiger partial charge in [0.05, 0.1) is 36.3 Å². The predicted octanol–water partition coefficient (Wildman–Crippen LogP) is 0.954. The van der Waals surface area contributed by atoms with Gasteiger partial charge >= 0.3 is 0 Å². The summed E-state index contributed by atoms with van der Waals surface area (Å²) in [5.41, 5.74) is 8.50. The van der Waals surface area contributed by atoms with Crippen LogP contribution in [0, 0.1) is 0 Å². The molecule has 5 N–H and O–H groups in total. The molecule has 0 bridgehead atoms. The van der Waals surface area contributed by atoms with E-state index in [1.807, 2.05) is 18.4 Å². The van der Waals surface area contributed by atoms with Gasteiger partial charge in [-0.3, -0.25) is 9.69 Å². The van der Waals surface area contributed by atoms with Crippen molar-refractivity contribution < 1.29 is 5.11 Å². The highest BCUT2D eigenvalue weighted by Crippen LogP contribution is 2.23. The Labute approximate surface area is 161 Å². The maximum atomic E-state index is 9.01. The number of hydrogen-bond acceptors (Lipinski definition) is 9. The van der Waals surface area contributed by atoms with Crippen LogP contribution in [0.25, 0.3) is 11.3 Å². The van der Waals surface area contributed by atoms with E-state index in [-0.39, 0.29) is 12.4 Å². The van der Waals surface area contributed by atoms with E-state index in [4.69, 9.17) is 16.7 Å². The number of anilines is 2. The van der Waals surface area contributed by atoms with Gasteiger partial charge in [0.25, 0.3) is 0 Å². The first kappa shape index (κ1) is 19.1. The highest BCUT2D eigenvalue weighted by Gasteiger charge is 2.14. The third kappa shape index (κ3) is 4.54. The van der Waals surface area contributed by atoms with Crippen molar-refractivity contribution >= 4 is 23.4 Å². The first-order chi connectivity index (χ1) is 13.1. The van der Waals surface area contributed by atoms with Gasteiger partial charge in [-0.15, -0.1) is 11.8 Å². The molecular formula is C17H22N8OS. The van der Waals surface area contributed by atoms with Crippen molar-refractivity contribution in [3.63, 3.8) is 0 Å². The normalized spacial score (nSPS) is 10.9. The molecule has 10 heteroatoms. The van der Waals surface area contributed by atoms with Crippen LogP contribution in [0.2, 0.25) is 0 Å². The van der Waals surface area contributed by atoms with Crippen LogP contribution in [-0.2, 0) is 13.0 Å². The zero-order valence-corrected chi connectivity index (χ0v) is 15.8. The molecule has 0 aromatic carbocycles. The molecule has 9 nitrogen and oxygen atoms in total. The third-order valence-electron chi connectivity index (χ3n) is 3.98. The summed E-state index contributed by atoms with van der Waals surface area (Å²) in [7, 11) is 0. The Morgan fingerprint density at radius 3 is 2.93 bits per heavy atom. The van der Waals surface area contributed by atoms with E-state index in [2.05, 4.69) is 20.1 Å². The van der Waals surface area contributed by atoms with Crippen LogP contribution in [0.15, 0.2) is 41.9 Å². The second-order valence-electron chi connectivity index (χ2n) is 5.79. The number of aliphatic hydroxyl groups is 1. The number of nitrogen functional groups attached to an aromatic ring is 1. The molecule has 27 heavy (non-hydrogen) atoms. The first-order valence-electron chi connectivity index (χ1n) is 8.38. The number of aromatic nitrogens is 5. The molecule has 3 rings (SSSR count). The number of aliphatic hydroxyl groups excluding tert-OH is 1. The molecule has 3 aromatic rings. The van der Waals surface area contributed by atoms with Crippen molar-refractivity contribution in [2.24, 2.45) is 5.84 Å².